The molecule has 1 heterocycles. The number of amides is 1. The molecule has 1 atom stereocenters. The number of rotatable bonds is 4. The molecular formula is C16H24N2O. The first-order valence-electron chi connectivity index (χ1n) is 7.26. The normalized spacial score (nSPS) is 19.2. The van der Waals surface area contributed by atoms with Crippen LogP contribution in [0.2, 0.25) is 0 Å². The van der Waals surface area contributed by atoms with Crippen LogP contribution in [0.25, 0.3) is 0 Å². The lowest BCUT2D eigenvalue weighted by Gasteiger charge is -2.23. The van der Waals surface area contributed by atoms with E-state index < -0.39 is 0 Å². The van der Waals surface area contributed by atoms with Crippen LogP contribution in [0.15, 0.2) is 18.2 Å². The average Bonchev–Trinajstić information content (AvgIpc) is 2.40. The maximum absolute atomic E-state index is 12.2. The van der Waals surface area contributed by atoms with E-state index in [-0.39, 0.29) is 5.91 Å². The van der Waals surface area contributed by atoms with Crippen molar-refractivity contribution in [1.82, 2.24) is 10.6 Å². The number of piperidine rings is 1. The summed E-state index contributed by atoms with van der Waals surface area (Å²) in [5.74, 6) is 0.0615. The number of benzene rings is 1. The molecule has 3 nitrogen and oxygen atoms in total. The predicted octanol–water partition coefficient (Wildman–Crippen LogP) is 2.57. The highest BCUT2D eigenvalue weighted by molar-refractivity contribution is 5.97. The number of aryl methyl sites for hydroxylation is 2. The number of carbonyl (C=O) groups excluding carboxylic acids is 1. The quantitative estimate of drug-likeness (QED) is 0.873. The molecule has 1 fully saturated rings. The van der Waals surface area contributed by atoms with Crippen molar-refractivity contribution in [3.05, 3.63) is 34.9 Å². The van der Waals surface area contributed by atoms with Gasteiger partial charge in [-0.25, -0.2) is 0 Å². The van der Waals surface area contributed by atoms with Crippen molar-refractivity contribution in [3.8, 4) is 0 Å². The lowest BCUT2D eigenvalue weighted by molar-refractivity contribution is 0.0950. The average molecular weight is 260 g/mol. The Labute approximate surface area is 115 Å². The molecule has 1 amide bonds. The molecular weight excluding hydrogens is 236 g/mol. The second-order valence-corrected chi connectivity index (χ2v) is 5.46. The highest BCUT2D eigenvalue weighted by Crippen LogP contribution is 2.13. The van der Waals surface area contributed by atoms with Gasteiger partial charge in [-0.1, -0.05) is 24.6 Å². The van der Waals surface area contributed by atoms with E-state index in [4.69, 9.17) is 0 Å². The predicted molar refractivity (Wildman–Crippen MR) is 78.5 cm³/mol. The number of nitrogens with one attached hydrogen (secondary N) is 2. The molecule has 0 saturated carbocycles. The summed E-state index contributed by atoms with van der Waals surface area (Å²) in [4.78, 5) is 12.2. The van der Waals surface area contributed by atoms with E-state index in [1.807, 2.05) is 32.0 Å². The fourth-order valence-corrected chi connectivity index (χ4v) is 2.79. The van der Waals surface area contributed by atoms with E-state index in [0.717, 1.165) is 36.2 Å². The minimum absolute atomic E-state index is 0.0615. The summed E-state index contributed by atoms with van der Waals surface area (Å²) >= 11 is 0. The van der Waals surface area contributed by atoms with Gasteiger partial charge < -0.3 is 10.6 Å². The molecule has 0 aliphatic carbocycles. The Kier molecular flexibility index (Phi) is 4.97. The summed E-state index contributed by atoms with van der Waals surface area (Å²) in [5, 5.41) is 6.55. The molecule has 2 rings (SSSR count). The number of hydrogen-bond donors (Lipinski definition) is 2. The molecule has 0 spiro atoms. The maximum Gasteiger partial charge on any atom is 0.251 e. The van der Waals surface area contributed by atoms with E-state index >= 15 is 0 Å². The summed E-state index contributed by atoms with van der Waals surface area (Å²) < 4.78 is 0. The van der Waals surface area contributed by atoms with E-state index in [9.17, 15) is 4.79 Å². The Bertz CT molecular complexity index is 416. The van der Waals surface area contributed by atoms with Crippen LogP contribution in [-0.4, -0.2) is 25.0 Å². The second kappa shape index (κ2) is 6.71. The van der Waals surface area contributed by atoms with Crippen LogP contribution in [0.4, 0.5) is 0 Å². The molecule has 1 saturated heterocycles. The van der Waals surface area contributed by atoms with Crippen LogP contribution in [0.5, 0.6) is 0 Å². The number of carbonyl (C=O) groups is 1. The highest BCUT2D eigenvalue weighted by atomic mass is 16.1. The van der Waals surface area contributed by atoms with Crippen molar-refractivity contribution >= 4 is 5.91 Å². The summed E-state index contributed by atoms with van der Waals surface area (Å²) in [7, 11) is 0. The van der Waals surface area contributed by atoms with Gasteiger partial charge >= 0.3 is 0 Å². The van der Waals surface area contributed by atoms with Gasteiger partial charge in [-0.15, -0.1) is 0 Å². The monoisotopic (exact) mass is 260 g/mol. The van der Waals surface area contributed by atoms with Gasteiger partial charge in [-0.3, -0.25) is 4.79 Å². The zero-order valence-corrected chi connectivity index (χ0v) is 12.0. The Balaban J connectivity index is 1.84. The maximum atomic E-state index is 12.2. The van der Waals surface area contributed by atoms with Crippen LogP contribution >= 0.6 is 0 Å². The third kappa shape index (κ3) is 3.80. The summed E-state index contributed by atoms with van der Waals surface area (Å²) in [6.45, 7) is 5.86. The van der Waals surface area contributed by atoms with Gasteiger partial charge in [0.15, 0.2) is 0 Å². The fraction of sp³-hybridized carbons (Fsp3) is 0.562. The van der Waals surface area contributed by atoms with Crippen molar-refractivity contribution in [3.63, 3.8) is 0 Å². The Morgan fingerprint density at radius 2 is 2.05 bits per heavy atom. The topological polar surface area (TPSA) is 41.1 Å². The summed E-state index contributed by atoms with van der Waals surface area (Å²) in [5.41, 5.74) is 2.93. The second-order valence-electron chi connectivity index (χ2n) is 5.46. The van der Waals surface area contributed by atoms with Gasteiger partial charge in [0.25, 0.3) is 5.91 Å². The lowest BCUT2D eigenvalue weighted by atomic mass is 10.0. The Morgan fingerprint density at radius 1 is 1.32 bits per heavy atom. The molecule has 3 heteroatoms. The Morgan fingerprint density at radius 3 is 2.68 bits per heavy atom. The van der Waals surface area contributed by atoms with E-state index in [1.54, 1.807) is 0 Å². The molecule has 0 bridgehead atoms. The van der Waals surface area contributed by atoms with E-state index in [2.05, 4.69) is 10.6 Å². The molecule has 1 aliphatic heterocycles. The zero-order chi connectivity index (χ0) is 13.7. The van der Waals surface area contributed by atoms with Crippen molar-refractivity contribution in [2.24, 2.45) is 0 Å². The first kappa shape index (κ1) is 14.1. The van der Waals surface area contributed by atoms with Crippen molar-refractivity contribution < 1.29 is 4.79 Å². The summed E-state index contributed by atoms with van der Waals surface area (Å²) in [6, 6.07) is 6.55. The molecule has 104 valence electrons. The first-order valence-corrected chi connectivity index (χ1v) is 7.26. The molecule has 2 N–H and O–H groups in total. The molecule has 0 aromatic heterocycles. The van der Waals surface area contributed by atoms with Crippen LogP contribution in [0, 0.1) is 13.8 Å². The Hall–Kier alpha value is -1.35. The molecule has 1 unspecified atom stereocenters. The van der Waals surface area contributed by atoms with Gasteiger partial charge in [0, 0.05) is 18.2 Å². The highest BCUT2D eigenvalue weighted by Gasteiger charge is 2.14. The van der Waals surface area contributed by atoms with Crippen molar-refractivity contribution in [2.45, 2.75) is 45.6 Å². The van der Waals surface area contributed by atoms with Crippen molar-refractivity contribution in [1.29, 1.82) is 0 Å². The van der Waals surface area contributed by atoms with Crippen molar-refractivity contribution in [2.75, 3.05) is 13.1 Å². The van der Waals surface area contributed by atoms with Gasteiger partial charge in [0.1, 0.15) is 0 Å². The lowest BCUT2D eigenvalue weighted by Crippen LogP contribution is -2.37. The zero-order valence-electron chi connectivity index (χ0n) is 12.0. The first-order chi connectivity index (χ1) is 9.18. The van der Waals surface area contributed by atoms with Crippen LogP contribution in [0.1, 0.15) is 47.2 Å². The smallest absolute Gasteiger partial charge is 0.251 e. The van der Waals surface area contributed by atoms with Crippen LogP contribution in [0.3, 0.4) is 0 Å². The van der Waals surface area contributed by atoms with E-state index in [1.165, 1.54) is 19.3 Å². The van der Waals surface area contributed by atoms with Gasteiger partial charge in [-0.05, 0) is 50.8 Å². The van der Waals surface area contributed by atoms with Crippen LogP contribution in [-0.2, 0) is 0 Å². The van der Waals surface area contributed by atoms with Gasteiger partial charge in [0.05, 0.1) is 0 Å². The minimum atomic E-state index is 0.0615. The van der Waals surface area contributed by atoms with Gasteiger partial charge in [0.2, 0.25) is 0 Å². The fourth-order valence-electron chi connectivity index (χ4n) is 2.79. The standard InChI is InChI=1S/C16H24N2O/c1-12-6-5-7-13(2)15(12)16(19)18-11-9-14-8-3-4-10-17-14/h5-7,14,17H,3-4,8-11H2,1-2H3,(H,18,19). The molecule has 0 radical (unpaired) electrons. The third-order valence-electron chi connectivity index (χ3n) is 3.90. The minimum Gasteiger partial charge on any atom is -0.352 e. The number of hydrogen-bond acceptors (Lipinski definition) is 2. The third-order valence-corrected chi connectivity index (χ3v) is 3.90. The molecule has 1 aromatic carbocycles. The van der Waals surface area contributed by atoms with Crippen LogP contribution < -0.4 is 10.6 Å². The molecule has 1 aromatic rings. The SMILES string of the molecule is Cc1cccc(C)c1C(=O)NCCC1CCCCN1. The molecule has 1 aliphatic rings. The summed E-state index contributed by atoms with van der Waals surface area (Å²) in [6.07, 6.45) is 4.85. The molecule has 19 heavy (non-hydrogen) atoms. The van der Waals surface area contributed by atoms with Gasteiger partial charge in [-0.2, -0.15) is 0 Å². The van der Waals surface area contributed by atoms with E-state index in [0.29, 0.717) is 6.04 Å². The largest absolute Gasteiger partial charge is 0.352 e.